The Balaban J connectivity index is 1.60. The molecule has 2 fully saturated rings. The Labute approximate surface area is 271 Å². The van der Waals surface area contributed by atoms with Crippen LogP contribution in [0, 0.1) is 39.4 Å². The molecule has 1 N–H and O–H groups in total. The number of Topliss-reactive ketones (excluding diaryl/α,β-unsaturated/α-hetero) is 1. The van der Waals surface area contributed by atoms with Crippen molar-refractivity contribution in [2.45, 2.75) is 17.4 Å². The van der Waals surface area contributed by atoms with Crippen molar-refractivity contribution in [3.05, 3.63) is 152 Å². The predicted molar refractivity (Wildman–Crippen MR) is 171 cm³/mol. The van der Waals surface area contributed by atoms with Gasteiger partial charge in [-0.05, 0) is 41.0 Å². The first-order valence-electron chi connectivity index (χ1n) is 14.0. The van der Waals surface area contributed by atoms with Crippen LogP contribution in [-0.4, -0.2) is 22.4 Å². The lowest BCUT2D eigenvalue weighted by Crippen LogP contribution is -2.58. The molecule has 0 bridgehead atoms. The number of amides is 1. The number of hydrogen-bond donors (Lipinski definition) is 1. The van der Waals surface area contributed by atoms with Gasteiger partial charge in [0.15, 0.2) is 5.78 Å². The van der Waals surface area contributed by atoms with Crippen molar-refractivity contribution in [1.29, 1.82) is 15.9 Å². The fraction of sp³-hybridized carbons (Fsp3) is 0.139. The quantitative estimate of drug-likeness (QED) is 0.216. The van der Waals surface area contributed by atoms with Gasteiger partial charge >= 0.3 is 0 Å². The van der Waals surface area contributed by atoms with Crippen molar-refractivity contribution >= 4 is 49.4 Å². The van der Waals surface area contributed by atoms with E-state index in [4.69, 9.17) is 0 Å². The monoisotopic (exact) mass is 700 g/mol. The molecule has 4 aromatic carbocycles. The van der Waals surface area contributed by atoms with E-state index in [0.29, 0.717) is 16.7 Å². The van der Waals surface area contributed by atoms with Crippen LogP contribution < -0.4 is 0 Å². The number of amidine groups is 1. The smallest absolute Gasteiger partial charge is 0.250 e. The number of nitriles is 2. The van der Waals surface area contributed by atoms with Crippen LogP contribution in [0.25, 0.3) is 0 Å². The number of piperidine rings is 1. The molecule has 2 aliphatic heterocycles. The van der Waals surface area contributed by atoms with Crippen LogP contribution in [0.5, 0.6) is 0 Å². The lowest BCUT2D eigenvalue weighted by molar-refractivity contribution is -0.132. The zero-order valence-corrected chi connectivity index (χ0v) is 26.2. The third-order valence-corrected chi connectivity index (χ3v) is 10.4. The fourth-order valence-electron chi connectivity index (χ4n) is 7.62. The van der Waals surface area contributed by atoms with E-state index in [-0.39, 0.29) is 17.0 Å². The number of ketones is 1. The van der Waals surface area contributed by atoms with Gasteiger partial charge in [0.25, 0.3) is 5.91 Å². The summed E-state index contributed by atoms with van der Waals surface area (Å²) in [5.41, 5.74) is -0.261. The Bertz CT molecular complexity index is 1980. The molecule has 7 rings (SSSR count). The van der Waals surface area contributed by atoms with Crippen LogP contribution in [0.4, 0.5) is 0 Å². The Morgan fingerprint density at radius 2 is 1.34 bits per heavy atom. The Hall–Kier alpha value is -4.63. The van der Waals surface area contributed by atoms with Crippen LogP contribution in [0.3, 0.4) is 0 Å². The first-order valence-corrected chi connectivity index (χ1v) is 15.6. The van der Waals surface area contributed by atoms with Gasteiger partial charge in [-0.25, -0.2) is 0 Å². The van der Waals surface area contributed by atoms with Crippen molar-refractivity contribution in [3.63, 3.8) is 0 Å². The zero-order valence-electron chi connectivity index (χ0n) is 23.0. The molecular weight excluding hydrogens is 680 g/mol. The first-order chi connectivity index (χ1) is 21.3. The van der Waals surface area contributed by atoms with E-state index >= 15 is 0 Å². The molecule has 1 aliphatic carbocycles. The van der Waals surface area contributed by atoms with E-state index < -0.39 is 40.4 Å². The maximum atomic E-state index is 14.7. The van der Waals surface area contributed by atoms with E-state index in [1.807, 2.05) is 84.9 Å². The molecule has 2 heterocycles. The number of nitrogens with zero attached hydrogens (tertiary/aromatic N) is 3. The topological polar surface area (TPSA) is 109 Å². The van der Waals surface area contributed by atoms with Crippen LogP contribution in [0.15, 0.2) is 129 Å². The molecular formula is C36H22Br2N4O2. The standard InChI is InChI=1S/C36H22Br2N4O2/c37-25-15-11-21(12-16-25)29-28(31(43)23-7-3-1-4-8-23)27(19-39)33(41)42-34(44)35(20-40)30(22-13-17-26(38)18-14-22)32(35)36(29,42)24-9-5-2-6-10-24/h1-18,29-30,32,41H/t29-,30+,32?,35+,36+/m0/s1. The molecule has 212 valence electrons. The number of nitrogens with one attached hydrogen (secondary N) is 1. The minimum absolute atomic E-state index is 0.147. The second kappa shape index (κ2) is 10.2. The number of halogens is 2. The lowest BCUT2D eigenvalue weighted by Gasteiger charge is -2.51. The fourth-order valence-corrected chi connectivity index (χ4v) is 8.15. The summed E-state index contributed by atoms with van der Waals surface area (Å²) in [7, 11) is 0. The maximum absolute atomic E-state index is 14.7. The molecule has 0 aromatic heterocycles. The number of hydrogen-bond acceptors (Lipinski definition) is 5. The van der Waals surface area contributed by atoms with Gasteiger partial charge in [0.2, 0.25) is 0 Å². The van der Waals surface area contributed by atoms with Crippen molar-refractivity contribution in [1.82, 2.24) is 4.90 Å². The van der Waals surface area contributed by atoms with Crippen molar-refractivity contribution < 1.29 is 9.59 Å². The van der Waals surface area contributed by atoms with Gasteiger partial charge in [-0.2, -0.15) is 10.5 Å². The summed E-state index contributed by atoms with van der Waals surface area (Å²) in [5.74, 6) is -3.24. The minimum atomic E-state index is -1.49. The molecule has 1 amide bonds. The summed E-state index contributed by atoms with van der Waals surface area (Å²) in [5, 5.41) is 30.8. The second-order valence-corrected chi connectivity index (χ2v) is 13.1. The number of fused-ring (bicyclic) bond motifs is 3. The highest BCUT2D eigenvalue weighted by Crippen LogP contribution is 2.80. The van der Waals surface area contributed by atoms with E-state index in [1.165, 1.54) is 4.90 Å². The van der Waals surface area contributed by atoms with Gasteiger partial charge in [0.05, 0.1) is 11.6 Å². The van der Waals surface area contributed by atoms with E-state index in [1.54, 1.807) is 24.3 Å². The Morgan fingerprint density at radius 1 is 0.795 bits per heavy atom. The second-order valence-electron chi connectivity index (χ2n) is 11.2. The zero-order chi connectivity index (χ0) is 30.8. The molecule has 5 atom stereocenters. The number of benzene rings is 4. The van der Waals surface area contributed by atoms with Crippen LogP contribution in [0.1, 0.15) is 38.9 Å². The van der Waals surface area contributed by atoms with E-state index in [9.17, 15) is 25.5 Å². The predicted octanol–water partition coefficient (Wildman–Crippen LogP) is 7.65. The van der Waals surface area contributed by atoms with Crippen LogP contribution in [-0.2, 0) is 10.3 Å². The van der Waals surface area contributed by atoms with Gasteiger partial charge in [-0.3, -0.25) is 19.9 Å². The molecule has 44 heavy (non-hydrogen) atoms. The number of rotatable bonds is 5. The normalized spacial score (nSPS) is 26.8. The largest absolute Gasteiger partial charge is 0.289 e. The highest BCUT2D eigenvalue weighted by molar-refractivity contribution is 9.10. The molecule has 3 aliphatic rings. The van der Waals surface area contributed by atoms with Crippen molar-refractivity contribution in [3.8, 4) is 12.1 Å². The Morgan fingerprint density at radius 3 is 1.89 bits per heavy atom. The summed E-state index contributed by atoms with van der Waals surface area (Å²) in [6, 6.07) is 37.7. The maximum Gasteiger partial charge on any atom is 0.250 e. The summed E-state index contributed by atoms with van der Waals surface area (Å²) in [6.45, 7) is 0. The molecule has 1 saturated carbocycles. The van der Waals surface area contributed by atoms with Gasteiger partial charge < -0.3 is 0 Å². The van der Waals surface area contributed by atoms with Crippen LogP contribution >= 0.6 is 31.9 Å². The van der Waals surface area contributed by atoms with Crippen molar-refractivity contribution in [2.24, 2.45) is 11.3 Å². The van der Waals surface area contributed by atoms with E-state index in [0.717, 1.165) is 14.5 Å². The van der Waals surface area contributed by atoms with Crippen LogP contribution in [0.2, 0.25) is 0 Å². The average Bonchev–Trinajstić information content (AvgIpc) is 3.69. The Kier molecular flexibility index (Phi) is 6.55. The number of carbonyl (C=O) groups is 2. The first kappa shape index (κ1) is 28.2. The van der Waals surface area contributed by atoms with E-state index in [2.05, 4.69) is 44.0 Å². The van der Waals surface area contributed by atoms with Gasteiger partial charge in [-0.1, -0.05) is 117 Å². The summed E-state index contributed by atoms with van der Waals surface area (Å²) in [4.78, 5) is 30.7. The molecule has 6 nitrogen and oxygen atoms in total. The third-order valence-electron chi connectivity index (χ3n) is 9.31. The highest BCUT2D eigenvalue weighted by atomic mass is 79.9. The molecule has 1 saturated heterocycles. The summed E-state index contributed by atoms with van der Waals surface area (Å²) in [6.07, 6.45) is 0. The van der Waals surface area contributed by atoms with Crippen molar-refractivity contribution in [2.75, 3.05) is 0 Å². The van der Waals surface area contributed by atoms with Gasteiger partial charge in [0.1, 0.15) is 22.9 Å². The SMILES string of the molecule is N#CC1=C(C(=O)c2ccccc2)[C@H](c2ccc(Br)cc2)[C@]2(c3ccccc3)C3[C@@H](c4ccc(Br)cc4)[C@@]3(C#N)C(=O)N2C1=N. The van der Waals surface area contributed by atoms with Gasteiger partial charge in [-0.15, -0.1) is 0 Å². The third kappa shape index (κ3) is 3.65. The summed E-state index contributed by atoms with van der Waals surface area (Å²) < 4.78 is 1.69. The minimum Gasteiger partial charge on any atom is -0.289 e. The molecule has 1 unspecified atom stereocenters. The molecule has 4 aromatic rings. The lowest BCUT2D eigenvalue weighted by atomic mass is 9.62. The molecule has 0 radical (unpaired) electrons. The number of carbonyl (C=O) groups excluding carboxylic acids is 2. The molecule has 8 heteroatoms. The summed E-state index contributed by atoms with van der Waals surface area (Å²) >= 11 is 7.01. The highest BCUT2D eigenvalue weighted by Gasteiger charge is 2.87. The van der Waals surface area contributed by atoms with Gasteiger partial charge in [0, 0.05) is 37.8 Å². The molecule has 0 spiro atoms. The average molecular weight is 702 g/mol.